The third kappa shape index (κ3) is 2.79. The Morgan fingerprint density at radius 3 is 2.67 bits per heavy atom. The quantitative estimate of drug-likeness (QED) is 0.545. The number of ether oxygens (including phenoxy) is 1. The number of aromatic nitrogens is 2. The Balaban J connectivity index is 2.29. The highest BCUT2D eigenvalue weighted by Gasteiger charge is 2.20. The average molecular weight is 381 g/mol. The zero-order chi connectivity index (χ0) is 17.4. The van der Waals surface area contributed by atoms with E-state index in [0.29, 0.717) is 31.4 Å². The van der Waals surface area contributed by atoms with Crippen LogP contribution in [-0.2, 0) is 4.74 Å². The van der Waals surface area contributed by atoms with E-state index < -0.39 is 5.97 Å². The van der Waals surface area contributed by atoms with Gasteiger partial charge in [-0.25, -0.2) is 4.79 Å². The maximum atomic E-state index is 12.9. The van der Waals surface area contributed by atoms with E-state index >= 15 is 0 Å². The Bertz CT molecular complexity index is 1050. The van der Waals surface area contributed by atoms with Crippen molar-refractivity contribution < 1.29 is 9.53 Å². The number of carbonyl (C=O) groups excluding carboxylic acids is 1. The first-order valence-electron chi connectivity index (χ1n) is 7.15. The Hall–Kier alpha value is -1.96. The summed E-state index contributed by atoms with van der Waals surface area (Å²) in [5.41, 5.74) is 0.920. The van der Waals surface area contributed by atoms with Gasteiger partial charge in [0.2, 0.25) is 0 Å². The van der Waals surface area contributed by atoms with Crippen LogP contribution in [0.15, 0.2) is 29.1 Å². The Morgan fingerprint density at radius 1 is 1.38 bits per heavy atom. The van der Waals surface area contributed by atoms with E-state index in [9.17, 15) is 9.59 Å². The number of thiophene rings is 1. The number of aromatic amines is 1. The van der Waals surface area contributed by atoms with Crippen molar-refractivity contribution >= 4 is 51.3 Å². The number of aryl methyl sites for hydroxylation is 1. The normalized spacial score (nSPS) is 11.0. The summed E-state index contributed by atoms with van der Waals surface area (Å²) in [6.45, 7) is 3.74. The van der Waals surface area contributed by atoms with Gasteiger partial charge in [-0.3, -0.25) is 9.36 Å². The number of carbonyl (C=O) groups is 1. The van der Waals surface area contributed by atoms with Crippen molar-refractivity contribution in [1.29, 1.82) is 0 Å². The largest absolute Gasteiger partial charge is 0.462 e. The van der Waals surface area contributed by atoms with Gasteiger partial charge in [-0.15, -0.1) is 11.3 Å². The molecule has 24 heavy (non-hydrogen) atoms. The zero-order valence-electron chi connectivity index (χ0n) is 12.9. The summed E-state index contributed by atoms with van der Waals surface area (Å²) in [7, 11) is 0. The summed E-state index contributed by atoms with van der Waals surface area (Å²) in [5.74, 6) is -0.437. The fourth-order valence-corrected chi connectivity index (χ4v) is 4.00. The number of H-pyrrole nitrogens is 1. The maximum absolute atomic E-state index is 12.9. The fraction of sp³-hybridized carbons (Fsp3) is 0.188. The molecule has 3 aromatic rings. The van der Waals surface area contributed by atoms with Gasteiger partial charge in [0.15, 0.2) is 4.77 Å². The van der Waals surface area contributed by atoms with Crippen molar-refractivity contribution in [2.24, 2.45) is 0 Å². The first-order valence-corrected chi connectivity index (χ1v) is 8.75. The molecule has 1 aromatic carbocycles. The lowest BCUT2D eigenvalue weighted by Gasteiger charge is -2.06. The Morgan fingerprint density at radius 2 is 2.04 bits per heavy atom. The molecule has 0 saturated heterocycles. The molecule has 5 nitrogen and oxygen atoms in total. The molecule has 0 bridgehead atoms. The summed E-state index contributed by atoms with van der Waals surface area (Å²) in [5, 5.41) is 1.01. The van der Waals surface area contributed by atoms with E-state index in [1.807, 2.05) is 0 Å². The van der Waals surface area contributed by atoms with Crippen molar-refractivity contribution in [1.82, 2.24) is 9.55 Å². The molecule has 2 heterocycles. The highest BCUT2D eigenvalue weighted by atomic mass is 35.5. The minimum atomic E-state index is -0.437. The first-order chi connectivity index (χ1) is 11.4. The molecule has 124 valence electrons. The van der Waals surface area contributed by atoms with Crippen LogP contribution < -0.4 is 5.56 Å². The van der Waals surface area contributed by atoms with Gasteiger partial charge in [-0.05, 0) is 55.9 Å². The lowest BCUT2D eigenvalue weighted by Crippen LogP contribution is -2.20. The smallest absolute Gasteiger partial charge is 0.348 e. The molecule has 0 aliphatic rings. The third-order valence-electron chi connectivity index (χ3n) is 3.53. The van der Waals surface area contributed by atoms with E-state index in [2.05, 4.69) is 4.98 Å². The molecule has 0 atom stereocenters. The van der Waals surface area contributed by atoms with Gasteiger partial charge in [0.1, 0.15) is 9.71 Å². The SMILES string of the molecule is CCOC(=O)c1sc2[nH]c(=S)n(-c3ccc(Cl)cc3)c(=O)c2c1C. The lowest BCUT2D eigenvalue weighted by molar-refractivity contribution is 0.0531. The number of hydrogen-bond donors (Lipinski definition) is 1. The minimum Gasteiger partial charge on any atom is -0.462 e. The summed E-state index contributed by atoms with van der Waals surface area (Å²) >= 11 is 12.4. The van der Waals surface area contributed by atoms with Crippen molar-refractivity contribution in [3.63, 3.8) is 0 Å². The molecule has 0 unspecified atom stereocenters. The monoisotopic (exact) mass is 380 g/mol. The minimum absolute atomic E-state index is 0.256. The highest BCUT2D eigenvalue weighted by molar-refractivity contribution is 7.71. The second-order valence-corrected chi connectivity index (χ2v) is 6.87. The number of nitrogens with zero attached hydrogens (tertiary/aromatic N) is 1. The highest BCUT2D eigenvalue weighted by Crippen LogP contribution is 2.28. The van der Waals surface area contributed by atoms with Crippen molar-refractivity contribution in [3.05, 3.63) is 54.9 Å². The lowest BCUT2D eigenvalue weighted by atomic mass is 10.2. The van der Waals surface area contributed by atoms with Crippen LogP contribution >= 0.6 is 35.2 Å². The number of rotatable bonds is 3. The molecular formula is C16H13ClN2O3S2. The number of hydrogen-bond acceptors (Lipinski definition) is 5. The molecule has 0 amide bonds. The zero-order valence-corrected chi connectivity index (χ0v) is 15.3. The molecule has 3 rings (SSSR count). The van der Waals surface area contributed by atoms with Gasteiger partial charge < -0.3 is 9.72 Å². The summed E-state index contributed by atoms with van der Waals surface area (Å²) in [6.07, 6.45) is 0. The van der Waals surface area contributed by atoms with Gasteiger partial charge >= 0.3 is 5.97 Å². The predicted octanol–water partition coefficient (Wildman–Crippen LogP) is 4.25. The molecule has 0 spiro atoms. The van der Waals surface area contributed by atoms with E-state index in [0.717, 1.165) is 0 Å². The molecule has 0 aliphatic heterocycles. The molecule has 0 fully saturated rings. The van der Waals surface area contributed by atoms with Crippen LogP contribution in [0.5, 0.6) is 0 Å². The van der Waals surface area contributed by atoms with Crippen molar-refractivity contribution in [2.75, 3.05) is 6.61 Å². The van der Waals surface area contributed by atoms with Gasteiger partial charge in [-0.2, -0.15) is 0 Å². The molecule has 0 saturated carbocycles. The molecule has 0 radical (unpaired) electrons. The van der Waals surface area contributed by atoms with Crippen LogP contribution in [0.1, 0.15) is 22.2 Å². The van der Waals surface area contributed by atoms with Gasteiger partial charge in [0, 0.05) is 5.02 Å². The van der Waals surface area contributed by atoms with Crippen LogP contribution in [0.4, 0.5) is 0 Å². The number of halogens is 1. The van der Waals surface area contributed by atoms with E-state index in [1.54, 1.807) is 38.1 Å². The van der Waals surface area contributed by atoms with Crippen LogP contribution in [-0.4, -0.2) is 22.1 Å². The molecule has 8 heteroatoms. The molecule has 1 N–H and O–H groups in total. The summed E-state index contributed by atoms with van der Waals surface area (Å²) in [4.78, 5) is 29.0. The summed E-state index contributed by atoms with van der Waals surface area (Å²) < 4.78 is 6.69. The summed E-state index contributed by atoms with van der Waals surface area (Å²) in [6, 6.07) is 6.81. The van der Waals surface area contributed by atoms with Gasteiger partial charge in [-0.1, -0.05) is 11.6 Å². The molecule has 0 aliphatic carbocycles. The standard InChI is InChI=1S/C16H13ClN2O3S2/c1-3-22-15(21)12-8(2)11-13(24-12)18-16(23)19(14(11)20)10-6-4-9(17)5-7-10/h4-7H,3H2,1-2H3,(H,18,23). The number of nitrogens with one attached hydrogen (secondary N) is 1. The maximum Gasteiger partial charge on any atom is 0.348 e. The van der Waals surface area contributed by atoms with Crippen LogP contribution in [0.3, 0.4) is 0 Å². The number of esters is 1. The van der Waals surface area contributed by atoms with Gasteiger partial charge in [0.05, 0.1) is 17.7 Å². The fourth-order valence-electron chi connectivity index (χ4n) is 2.43. The first kappa shape index (κ1) is 16.9. The molecule has 2 aromatic heterocycles. The Kier molecular flexibility index (Phi) is 4.58. The van der Waals surface area contributed by atoms with Crippen LogP contribution in [0.2, 0.25) is 5.02 Å². The predicted molar refractivity (Wildman–Crippen MR) is 98.3 cm³/mol. The number of fused-ring (bicyclic) bond motifs is 1. The topological polar surface area (TPSA) is 64.1 Å². The van der Waals surface area contributed by atoms with Gasteiger partial charge in [0.25, 0.3) is 5.56 Å². The number of benzene rings is 1. The third-order valence-corrected chi connectivity index (χ3v) is 5.26. The van der Waals surface area contributed by atoms with Crippen LogP contribution in [0.25, 0.3) is 15.9 Å². The van der Waals surface area contributed by atoms with E-state index in [-0.39, 0.29) is 16.9 Å². The average Bonchev–Trinajstić information content (AvgIpc) is 2.86. The second-order valence-electron chi connectivity index (χ2n) is 5.03. The second kappa shape index (κ2) is 6.51. The Labute approximate surface area is 151 Å². The molecular weight excluding hydrogens is 368 g/mol. The van der Waals surface area contributed by atoms with E-state index in [1.165, 1.54) is 15.9 Å². The van der Waals surface area contributed by atoms with E-state index in [4.69, 9.17) is 28.6 Å². The van der Waals surface area contributed by atoms with Crippen LogP contribution in [0, 0.1) is 11.7 Å². The van der Waals surface area contributed by atoms with Crippen molar-refractivity contribution in [2.45, 2.75) is 13.8 Å². The van der Waals surface area contributed by atoms with Crippen molar-refractivity contribution in [3.8, 4) is 5.69 Å².